The van der Waals surface area contributed by atoms with E-state index in [-0.39, 0.29) is 17.3 Å². The SMILES string of the molecule is COc1ccc([C@H]2C3=C(C[C@H](c4cccs4)CC3=O)Nc3c2c(C)nn3-c2ccccc2C(=O)O)c(OC)c1OC. The summed E-state index contributed by atoms with van der Waals surface area (Å²) >= 11 is 1.64. The van der Waals surface area contributed by atoms with Gasteiger partial charge in [0.15, 0.2) is 17.3 Å². The first-order valence-electron chi connectivity index (χ1n) is 13.2. The molecule has 2 aromatic carbocycles. The van der Waals surface area contributed by atoms with Gasteiger partial charge in [-0.15, -0.1) is 11.3 Å². The van der Waals surface area contributed by atoms with Gasteiger partial charge in [-0.2, -0.15) is 5.10 Å². The van der Waals surface area contributed by atoms with E-state index in [0.29, 0.717) is 52.9 Å². The standard InChI is InChI=1S/C31H29N3O6S/c1-16-25-26(19-11-12-23(38-2)29(40-4)28(19)39-3)27-20(14-17(15-22(27)35)24-10-7-13-41-24)32-30(25)34(33-16)21-9-6-5-8-18(21)31(36)37/h5-13,17,26,32H,14-15H2,1-4H3,(H,36,37)/t17-,26+/m0/s1. The van der Waals surface area contributed by atoms with Crippen molar-refractivity contribution < 1.29 is 28.9 Å². The molecule has 41 heavy (non-hydrogen) atoms. The van der Waals surface area contributed by atoms with Gasteiger partial charge in [-0.3, -0.25) is 4.79 Å². The number of benzene rings is 2. The van der Waals surface area contributed by atoms with Gasteiger partial charge in [0, 0.05) is 45.5 Å². The average Bonchev–Trinajstić information content (AvgIpc) is 3.63. The number of para-hydroxylation sites is 1. The van der Waals surface area contributed by atoms with Crippen LogP contribution < -0.4 is 19.5 Å². The number of allylic oxidation sites excluding steroid dienone is 2. The number of Topliss-reactive ketones (excluding diaryl/α,β-unsaturated/α-hetero) is 1. The number of nitrogens with one attached hydrogen (secondary N) is 1. The van der Waals surface area contributed by atoms with Crippen LogP contribution in [-0.2, 0) is 4.79 Å². The molecular formula is C31H29N3O6S. The van der Waals surface area contributed by atoms with Gasteiger partial charge in [-0.1, -0.05) is 24.3 Å². The highest BCUT2D eigenvalue weighted by molar-refractivity contribution is 7.10. The number of anilines is 1. The fourth-order valence-electron chi connectivity index (χ4n) is 6.08. The lowest BCUT2D eigenvalue weighted by molar-refractivity contribution is -0.116. The first-order chi connectivity index (χ1) is 19.9. The zero-order valence-electron chi connectivity index (χ0n) is 23.1. The molecule has 0 saturated carbocycles. The molecule has 9 nitrogen and oxygen atoms in total. The summed E-state index contributed by atoms with van der Waals surface area (Å²) in [5.41, 5.74) is 4.17. The van der Waals surface area contributed by atoms with E-state index in [2.05, 4.69) is 11.4 Å². The third kappa shape index (κ3) is 4.26. The predicted molar refractivity (Wildman–Crippen MR) is 155 cm³/mol. The molecule has 0 radical (unpaired) electrons. The van der Waals surface area contributed by atoms with Crippen LogP contribution in [0.4, 0.5) is 5.82 Å². The zero-order chi connectivity index (χ0) is 28.8. The van der Waals surface area contributed by atoms with Gasteiger partial charge < -0.3 is 24.6 Å². The second-order valence-corrected chi connectivity index (χ2v) is 11.0. The number of aromatic carboxylic acids is 1. The highest BCUT2D eigenvalue weighted by Crippen LogP contribution is 2.54. The number of thiophene rings is 1. The van der Waals surface area contributed by atoms with Crippen molar-refractivity contribution in [2.75, 3.05) is 26.6 Å². The molecule has 6 rings (SSSR count). The maximum atomic E-state index is 14.0. The molecule has 0 saturated heterocycles. The number of ketones is 1. The molecule has 2 atom stereocenters. The monoisotopic (exact) mass is 571 g/mol. The Bertz CT molecular complexity index is 1700. The molecule has 0 bridgehead atoms. The number of hydrogen-bond acceptors (Lipinski definition) is 8. The lowest BCUT2D eigenvalue weighted by Crippen LogP contribution is -2.30. The molecule has 210 valence electrons. The second-order valence-electron chi connectivity index (χ2n) is 10.00. The fourth-order valence-corrected chi connectivity index (χ4v) is 6.91. The molecule has 0 unspecified atom stereocenters. The molecule has 2 N–H and O–H groups in total. The van der Waals surface area contributed by atoms with E-state index in [0.717, 1.165) is 21.7 Å². The van der Waals surface area contributed by atoms with Gasteiger partial charge >= 0.3 is 5.97 Å². The molecular weight excluding hydrogens is 542 g/mol. The number of carbonyl (C=O) groups excluding carboxylic acids is 1. The van der Waals surface area contributed by atoms with Crippen molar-refractivity contribution in [3.63, 3.8) is 0 Å². The number of fused-ring (bicyclic) bond motifs is 1. The van der Waals surface area contributed by atoms with Crippen LogP contribution in [0, 0.1) is 6.92 Å². The van der Waals surface area contributed by atoms with Crippen LogP contribution in [0.5, 0.6) is 17.2 Å². The van der Waals surface area contributed by atoms with Gasteiger partial charge in [0.2, 0.25) is 5.75 Å². The largest absolute Gasteiger partial charge is 0.493 e. The Balaban J connectivity index is 1.62. The molecule has 0 spiro atoms. The Labute approximate surface area is 241 Å². The van der Waals surface area contributed by atoms with Crippen molar-refractivity contribution in [1.82, 2.24) is 9.78 Å². The van der Waals surface area contributed by atoms with Crippen LogP contribution in [0.1, 0.15) is 56.7 Å². The number of ether oxygens (including phenoxy) is 3. The quantitative estimate of drug-likeness (QED) is 0.281. The molecule has 1 aliphatic heterocycles. The van der Waals surface area contributed by atoms with Crippen LogP contribution in [0.25, 0.3) is 5.69 Å². The normalized spacial score (nSPS) is 17.9. The van der Waals surface area contributed by atoms with Gasteiger partial charge in [-0.05, 0) is 43.0 Å². The Hall–Kier alpha value is -4.57. The van der Waals surface area contributed by atoms with Crippen molar-refractivity contribution >= 4 is 28.9 Å². The first kappa shape index (κ1) is 26.6. The van der Waals surface area contributed by atoms with Gasteiger partial charge in [0.25, 0.3) is 0 Å². The average molecular weight is 572 g/mol. The number of aromatic nitrogens is 2. The molecule has 2 aliphatic rings. The molecule has 0 fully saturated rings. The molecule has 3 heterocycles. The highest BCUT2D eigenvalue weighted by atomic mass is 32.1. The highest BCUT2D eigenvalue weighted by Gasteiger charge is 2.43. The topological polar surface area (TPSA) is 112 Å². The Morgan fingerprint density at radius 1 is 1.02 bits per heavy atom. The van der Waals surface area contributed by atoms with Gasteiger partial charge in [0.05, 0.1) is 38.3 Å². The number of aryl methyl sites for hydroxylation is 1. The van der Waals surface area contributed by atoms with E-state index in [1.54, 1.807) is 67.7 Å². The summed E-state index contributed by atoms with van der Waals surface area (Å²) in [7, 11) is 4.67. The van der Waals surface area contributed by atoms with E-state index in [1.807, 2.05) is 24.4 Å². The van der Waals surface area contributed by atoms with Crippen LogP contribution in [0.3, 0.4) is 0 Å². The Morgan fingerprint density at radius 2 is 1.80 bits per heavy atom. The minimum absolute atomic E-state index is 0.0343. The third-order valence-electron chi connectivity index (χ3n) is 7.82. The van der Waals surface area contributed by atoms with Gasteiger partial charge in [0.1, 0.15) is 5.82 Å². The summed E-state index contributed by atoms with van der Waals surface area (Å²) in [5, 5.41) is 20.3. The fraction of sp³-hybridized carbons (Fsp3) is 0.258. The smallest absolute Gasteiger partial charge is 0.337 e. The van der Waals surface area contributed by atoms with Crippen molar-refractivity contribution in [3.05, 3.63) is 92.4 Å². The maximum absolute atomic E-state index is 14.0. The Kier molecular flexibility index (Phi) is 6.78. The lowest BCUT2D eigenvalue weighted by Gasteiger charge is -2.36. The maximum Gasteiger partial charge on any atom is 0.337 e. The minimum Gasteiger partial charge on any atom is -0.493 e. The van der Waals surface area contributed by atoms with Crippen molar-refractivity contribution in [3.8, 4) is 22.9 Å². The molecule has 2 aromatic heterocycles. The lowest BCUT2D eigenvalue weighted by atomic mass is 9.73. The van der Waals surface area contributed by atoms with E-state index in [1.165, 1.54) is 0 Å². The minimum atomic E-state index is -1.05. The summed E-state index contributed by atoms with van der Waals surface area (Å²) in [4.78, 5) is 27.4. The van der Waals surface area contributed by atoms with Crippen molar-refractivity contribution in [2.45, 2.75) is 31.6 Å². The van der Waals surface area contributed by atoms with Crippen LogP contribution in [0.2, 0.25) is 0 Å². The van der Waals surface area contributed by atoms with Crippen molar-refractivity contribution in [1.29, 1.82) is 0 Å². The first-order valence-corrected chi connectivity index (χ1v) is 14.0. The molecule has 0 amide bonds. The number of carboxylic acid groups (broad SMARTS) is 1. The summed E-state index contributed by atoms with van der Waals surface area (Å²) in [6.45, 7) is 1.87. The van der Waals surface area contributed by atoms with E-state index >= 15 is 0 Å². The number of carbonyl (C=O) groups is 2. The molecule has 1 aliphatic carbocycles. The number of methoxy groups -OCH3 is 3. The number of hydrogen-bond donors (Lipinski definition) is 2. The molecule has 10 heteroatoms. The van der Waals surface area contributed by atoms with Crippen LogP contribution in [-0.4, -0.2) is 48.0 Å². The Morgan fingerprint density at radius 3 is 2.49 bits per heavy atom. The van der Waals surface area contributed by atoms with Crippen LogP contribution in [0.15, 0.2) is 65.2 Å². The number of nitrogens with zero attached hydrogens (tertiary/aromatic N) is 2. The third-order valence-corrected chi connectivity index (χ3v) is 8.85. The number of carboxylic acids is 1. The van der Waals surface area contributed by atoms with E-state index < -0.39 is 11.9 Å². The number of rotatable bonds is 7. The summed E-state index contributed by atoms with van der Waals surface area (Å²) in [5.74, 6) is 0.511. The predicted octanol–water partition coefficient (Wildman–Crippen LogP) is 5.92. The summed E-state index contributed by atoms with van der Waals surface area (Å²) < 4.78 is 18.8. The van der Waals surface area contributed by atoms with E-state index in [4.69, 9.17) is 19.3 Å². The zero-order valence-corrected chi connectivity index (χ0v) is 23.9. The molecule has 4 aromatic rings. The van der Waals surface area contributed by atoms with Gasteiger partial charge in [-0.25, -0.2) is 9.48 Å². The summed E-state index contributed by atoms with van der Waals surface area (Å²) in [6, 6.07) is 14.5. The van der Waals surface area contributed by atoms with E-state index in [9.17, 15) is 14.7 Å². The second kappa shape index (κ2) is 10.4. The summed E-state index contributed by atoms with van der Waals surface area (Å²) in [6.07, 6.45) is 1.01. The van der Waals surface area contributed by atoms with Crippen molar-refractivity contribution in [2.24, 2.45) is 0 Å². The van der Waals surface area contributed by atoms with Crippen LogP contribution >= 0.6 is 11.3 Å².